The summed E-state index contributed by atoms with van der Waals surface area (Å²) in [6.07, 6.45) is 0. The third-order valence-corrected chi connectivity index (χ3v) is 3.62. The van der Waals surface area contributed by atoms with Crippen LogP contribution < -0.4 is 10.1 Å². The van der Waals surface area contributed by atoms with Crippen LogP contribution in [0, 0.1) is 0 Å². The molecular weight excluding hydrogens is 272 g/mol. The molecule has 1 aromatic heterocycles. The molecule has 20 heavy (non-hydrogen) atoms. The summed E-state index contributed by atoms with van der Waals surface area (Å²) in [4.78, 5) is 4.53. The van der Waals surface area contributed by atoms with E-state index in [0.29, 0.717) is 13.2 Å². The molecule has 0 radical (unpaired) electrons. The van der Waals surface area contributed by atoms with E-state index in [2.05, 4.69) is 17.2 Å². The molecule has 1 heterocycles. The molecule has 0 saturated carbocycles. The highest BCUT2D eigenvalue weighted by Crippen LogP contribution is 2.17. The van der Waals surface area contributed by atoms with E-state index in [1.807, 2.05) is 29.6 Å². The Morgan fingerprint density at radius 3 is 3.00 bits per heavy atom. The smallest absolute Gasteiger partial charge is 0.131 e. The Labute approximate surface area is 123 Å². The first-order valence-corrected chi connectivity index (χ1v) is 7.54. The van der Waals surface area contributed by atoms with Crippen LogP contribution in [0.3, 0.4) is 0 Å². The van der Waals surface area contributed by atoms with Crippen LogP contribution in [0.15, 0.2) is 29.6 Å². The molecular formula is C15H20N2O2S. The van der Waals surface area contributed by atoms with Crippen molar-refractivity contribution in [3.63, 3.8) is 0 Å². The van der Waals surface area contributed by atoms with Crippen LogP contribution in [0.2, 0.25) is 0 Å². The van der Waals surface area contributed by atoms with Crippen molar-refractivity contribution in [3.8, 4) is 5.75 Å². The third-order valence-electron chi connectivity index (χ3n) is 2.72. The Morgan fingerprint density at radius 2 is 2.20 bits per heavy atom. The molecule has 0 aliphatic carbocycles. The molecule has 0 unspecified atom stereocenters. The second-order valence-corrected chi connectivity index (χ2v) is 5.32. The Hall–Kier alpha value is -1.43. The summed E-state index contributed by atoms with van der Waals surface area (Å²) in [7, 11) is 1.69. The molecule has 1 N–H and O–H groups in total. The number of hydrogen-bond donors (Lipinski definition) is 1. The van der Waals surface area contributed by atoms with Crippen molar-refractivity contribution in [1.29, 1.82) is 0 Å². The van der Waals surface area contributed by atoms with Crippen molar-refractivity contribution in [3.05, 3.63) is 45.9 Å². The van der Waals surface area contributed by atoms with Gasteiger partial charge in [0.1, 0.15) is 17.4 Å². The van der Waals surface area contributed by atoms with Crippen LogP contribution in [0.5, 0.6) is 5.75 Å². The molecule has 4 nitrogen and oxygen atoms in total. The minimum Gasteiger partial charge on any atom is -0.487 e. The summed E-state index contributed by atoms with van der Waals surface area (Å²) in [5.41, 5.74) is 2.08. The fourth-order valence-corrected chi connectivity index (χ4v) is 2.53. The predicted molar refractivity (Wildman–Crippen MR) is 81.0 cm³/mol. The molecule has 2 rings (SSSR count). The van der Waals surface area contributed by atoms with E-state index >= 15 is 0 Å². The third kappa shape index (κ3) is 4.59. The minimum atomic E-state index is 0.499. The van der Waals surface area contributed by atoms with Crippen LogP contribution in [0.4, 0.5) is 0 Å². The van der Waals surface area contributed by atoms with E-state index in [4.69, 9.17) is 9.47 Å². The van der Waals surface area contributed by atoms with Crippen molar-refractivity contribution in [1.82, 2.24) is 10.3 Å². The first-order valence-electron chi connectivity index (χ1n) is 6.66. The van der Waals surface area contributed by atoms with Crippen molar-refractivity contribution in [2.75, 3.05) is 13.7 Å². The van der Waals surface area contributed by atoms with E-state index in [0.717, 1.165) is 35.1 Å². The monoisotopic (exact) mass is 292 g/mol. The van der Waals surface area contributed by atoms with Crippen molar-refractivity contribution in [2.45, 2.75) is 26.7 Å². The zero-order chi connectivity index (χ0) is 14.2. The normalized spacial score (nSPS) is 10.7. The number of nitrogens with one attached hydrogen (secondary N) is 1. The van der Waals surface area contributed by atoms with Crippen LogP contribution in [0.25, 0.3) is 0 Å². The number of hydrogen-bond acceptors (Lipinski definition) is 5. The number of aromatic nitrogens is 1. The van der Waals surface area contributed by atoms with Gasteiger partial charge in [-0.2, -0.15) is 0 Å². The van der Waals surface area contributed by atoms with Gasteiger partial charge in [0.15, 0.2) is 0 Å². The van der Waals surface area contributed by atoms with Crippen LogP contribution >= 0.6 is 11.3 Å². The highest BCUT2D eigenvalue weighted by molar-refractivity contribution is 7.09. The standard InChI is InChI=1S/C15H20N2O2S/c1-3-16-8-15-17-13(11-20-15)10-19-14-6-4-5-12(7-14)9-18-2/h4-7,11,16H,3,8-10H2,1-2H3. The first-order chi connectivity index (χ1) is 9.81. The molecule has 2 aromatic rings. The number of rotatable bonds is 8. The number of methoxy groups -OCH3 is 1. The summed E-state index contributed by atoms with van der Waals surface area (Å²) in [5, 5.41) is 6.41. The van der Waals surface area contributed by atoms with Crippen LogP contribution in [-0.2, 0) is 24.5 Å². The predicted octanol–water partition coefficient (Wildman–Crippen LogP) is 2.98. The molecule has 108 valence electrons. The second kappa shape index (κ2) is 7.99. The molecule has 0 bridgehead atoms. The second-order valence-electron chi connectivity index (χ2n) is 4.38. The average molecular weight is 292 g/mol. The highest BCUT2D eigenvalue weighted by Gasteiger charge is 2.03. The lowest BCUT2D eigenvalue weighted by atomic mass is 10.2. The number of nitrogens with zero attached hydrogens (tertiary/aromatic N) is 1. The SMILES string of the molecule is CCNCc1nc(COc2cccc(COC)c2)cs1. The van der Waals surface area contributed by atoms with E-state index in [1.54, 1.807) is 18.4 Å². The van der Waals surface area contributed by atoms with E-state index in [1.165, 1.54) is 0 Å². The van der Waals surface area contributed by atoms with Gasteiger partial charge in [0.2, 0.25) is 0 Å². The van der Waals surface area contributed by atoms with Crippen LogP contribution in [0.1, 0.15) is 23.2 Å². The van der Waals surface area contributed by atoms with Crippen molar-refractivity contribution < 1.29 is 9.47 Å². The highest BCUT2D eigenvalue weighted by atomic mass is 32.1. The van der Waals surface area contributed by atoms with Gasteiger partial charge >= 0.3 is 0 Å². The Bertz CT molecular complexity index is 528. The maximum atomic E-state index is 5.77. The van der Waals surface area contributed by atoms with Crippen molar-refractivity contribution in [2.24, 2.45) is 0 Å². The lowest BCUT2D eigenvalue weighted by Crippen LogP contribution is -2.11. The zero-order valence-electron chi connectivity index (χ0n) is 11.9. The molecule has 5 heteroatoms. The summed E-state index contributed by atoms with van der Waals surface area (Å²) >= 11 is 1.66. The summed E-state index contributed by atoms with van der Waals surface area (Å²) in [5.74, 6) is 0.848. The topological polar surface area (TPSA) is 43.4 Å². The fourth-order valence-electron chi connectivity index (χ4n) is 1.78. The van der Waals surface area contributed by atoms with Crippen molar-refractivity contribution >= 4 is 11.3 Å². The maximum absolute atomic E-state index is 5.77. The summed E-state index contributed by atoms with van der Waals surface area (Å²) in [6.45, 7) is 4.96. The number of benzene rings is 1. The van der Waals surface area contributed by atoms with Gasteiger partial charge in [0, 0.05) is 19.0 Å². The average Bonchev–Trinajstić information content (AvgIpc) is 2.92. The summed E-state index contributed by atoms with van der Waals surface area (Å²) in [6, 6.07) is 7.94. The Morgan fingerprint density at radius 1 is 1.30 bits per heavy atom. The fraction of sp³-hybridized carbons (Fsp3) is 0.400. The minimum absolute atomic E-state index is 0.499. The Balaban J connectivity index is 1.88. The molecule has 0 atom stereocenters. The molecule has 0 spiro atoms. The number of thiazole rings is 1. The largest absolute Gasteiger partial charge is 0.487 e. The summed E-state index contributed by atoms with van der Waals surface area (Å²) < 4.78 is 10.9. The van der Waals surface area contributed by atoms with Gasteiger partial charge < -0.3 is 14.8 Å². The zero-order valence-corrected chi connectivity index (χ0v) is 12.7. The molecule has 0 amide bonds. The molecule has 1 aromatic carbocycles. The van der Waals surface area contributed by atoms with Crippen LogP contribution in [-0.4, -0.2) is 18.6 Å². The molecule has 0 aliphatic heterocycles. The van der Waals surface area contributed by atoms with Gasteiger partial charge in [-0.3, -0.25) is 0 Å². The lowest BCUT2D eigenvalue weighted by Gasteiger charge is -2.06. The van der Waals surface area contributed by atoms with Gasteiger partial charge in [0.05, 0.1) is 12.3 Å². The van der Waals surface area contributed by atoms with E-state index < -0.39 is 0 Å². The Kier molecular flexibility index (Phi) is 5.98. The molecule has 0 aliphatic rings. The lowest BCUT2D eigenvalue weighted by molar-refractivity contribution is 0.184. The molecule has 0 saturated heterocycles. The van der Waals surface area contributed by atoms with Gasteiger partial charge in [-0.15, -0.1) is 11.3 Å². The van der Waals surface area contributed by atoms with Gasteiger partial charge in [-0.25, -0.2) is 4.98 Å². The number of ether oxygens (including phenoxy) is 2. The van der Waals surface area contributed by atoms with Gasteiger partial charge in [-0.05, 0) is 24.2 Å². The van der Waals surface area contributed by atoms with Gasteiger partial charge in [-0.1, -0.05) is 19.1 Å². The quantitative estimate of drug-likeness (QED) is 0.812. The maximum Gasteiger partial charge on any atom is 0.131 e. The van der Waals surface area contributed by atoms with Gasteiger partial charge in [0.25, 0.3) is 0 Å². The molecule has 0 fully saturated rings. The van der Waals surface area contributed by atoms with E-state index in [-0.39, 0.29) is 0 Å². The van der Waals surface area contributed by atoms with E-state index in [9.17, 15) is 0 Å². The first kappa shape index (κ1) is 15.0.